The summed E-state index contributed by atoms with van der Waals surface area (Å²) in [5, 5.41) is 19.4. The van der Waals surface area contributed by atoms with Crippen LogP contribution in [0, 0.1) is 0 Å². The summed E-state index contributed by atoms with van der Waals surface area (Å²) in [6, 6.07) is 9.06. The predicted molar refractivity (Wildman–Crippen MR) is 92.3 cm³/mol. The molecule has 2 aromatic carbocycles. The van der Waals surface area contributed by atoms with Gasteiger partial charge in [-0.05, 0) is 35.9 Å². The summed E-state index contributed by atoms with van der Waals surface area (Å²) in [7, 11) is 2.80. The molecule has 2 rings (SSSR count). The first-order valence-corrected chi connectivity index (χ1v) is 7.43. The van der Waals surface area contributed by atoms with Crippen molar-refractivity contribution in [2.75, 3.05) is 14.2 Å². The maximum atomic E-state index is 12.3. The van der Waals surface area contributed by atoms with E-state index in [1.165, 1.54) is 44.6 Å². The van der Waals surface area contributed by atoms with E-state index in [-0.39, 0.29) is 28.6 Å². The Balaban J connectivity index is 2.11. The maximum Gasteiger partial charge on any atom is 0.178 e. The lowest BCUT2D eigenvalue weighted by atomic mass is 10.0. The fourth-order valence-corrected chi connectivity index (χ4v) is 2.26. The third kappa shape index (κ3) is 4.38. The largest absolute Gasteiger partial charge is 0.507 e. The standard InChI is InChI=1S/C19H18O6/c1-24-17-5-3-4-15(22)19(17)16(23)11-13(20)8-6-12-7-9-14(21)18(10-12)25-2/h3-10,21-22H,11H2,1-2H3/b8-6+. The van der Waals surface area contributed by atoms with E-state index < -0.39 is 18.0 Å². The quantitative estimate of drug-likeness (QED) is 0.456. The van der Waals surface area contributed by atoms with Gasteiger partial charge < -0.3 is 19.7 Å². The number of phenolic OH excluding ortho intramolecular Hbond substituents is 2. The van der Waals surface area contributed by atoms with Gasteiger partial charge in [-0.1, -0.05) is 18.2 Å². The zero-order chi connectivity index (χ0) is 18.4. The highest BCUT2D eigenvalue weighted by atomic mass is 16.5. The summed E-state index contributed by atoms with van der Waals surface area (Å²) < 4.78 is 10.0. The summed E-state index contributed by atoms with van der Waals surface area (Å²) in [5.41, 5.74) is 0.619. The summed E-state index contributed by atoms with van der Waals surface area (Å²) in [4.78, 5) is 24.3. The summed E-state index contributed by atoms with van der Waals surface area (Å²) in [6.07, 6.45) is 2.37. The minimum absolute atomic E-state index is 0.00666. The third-order valence-electron chi connectivity index (χ3n) is 3.50. The zero-order valence-corrected chi connectivity index (χ0v) is 13.9. The topological polar surface area (TPSA) is 93.1 Å². The molecule has 0 saturated carbocycles. The van der Waals surface area contributed by atoms with Crippen molar-refractivity contribution >= 4 is 17.6 Å². The van der Waals surface area contributed by atoms with Gasteiger partial charge in [-0.15, -0.1) is 0 Å². The number of hydrogen-bond donors (Lipinski definition) is 2. The van der Waals surface area contributed by atoms with Crippen molar-refractivity contribution in [1.82, 2.24) is 0 Å². The van der Waals surface area contributed by atoms with Crippen LogP contribution in [0.2, 0.25) is 0 Å². The van der Waals surface area contributed by atoms with E-state index in [1.807, 2.05) is 0 Å². The number of carbonyl (C=O) groups excluding carboxylic acids is 2. The van der Waals surface area contributed by atoms with Crippen LogP contribution in [-0.2, 0) is 4.79 Å². The van der Waals surface area contributed by atoms with Crippen molar-refractivity contribution in [1.29, 1.82) is 0 Å². The van der Waals surface area contributed by atoms with E-state index in [1.54, 1.807) is 18.2 Å². The number of ether oxygens (including phenoxy) is 2. The second-order valence-electron chi connectivity index (χ2n) is 5.19. The Kier molecular flexibility index (Phi) is 5.79. The fraction of sp³-hybridized carbons (Fsp3) is 0.158. The van der Waals surface area contributed by atoms with E-state index in [2.05, 4.69) is 0 Å². The van der Waals surface area contributed by atoms with Gasteiger partial charge in [-0.3, -0.25) is 9.59 Å². The first kappa shape index (κ1) is 18.1. The van der Waals surface area contributed by atoms with Gasteiger partial charge >= 0.3 is 0 Å². The number of allylic oxidation sites excluding steroid dienone is 1. The van der Waals surface area contributed by atoms with E-state index in [0.717, 1.165) is 0 Å². The van der Waals surface area contributed by atoms with Gasteiger partial charge in [0.25, 0.3) is 0 Å². The molecular formula is C19H18O6. The van der Waals surface area contributed by atoms with Crippen LogP contribution in [0.25, 0.3) is 6.08 Å². The van der Waals surface area contributed by atoms with Crippen LogP contribution < -0.4 is 9.47 Å². The Bertz CT molecular complexity index is 823. The first-order valence-electron chi connectivity index (χ1n) is 7.43. The van der Waals surface area contributed by atoms with Gasteiger partial charge in [-0.25, -0.2) is 0 Å². The van der Waals surface area contributed by atoms with E-state index in [0.29, 0.717) is 5.56 Å². The smallest absolute Gasteiger partial charge is 0.178 e. The number of phenols is 2. The number of hydrogen-bond acceptors (Lipinski definition) is 6. The second-order valence-corrected chi connectivity index (χ2v) is 5.19. The SMILES string of the molecule is COc1cc(/C=C/C(=O)CC(=O)c2c(O)cccc2OC)ccc1O. The van der Waals surface area contributed by atoms with Crippen LogP contribution in [0.1, 0.15) is 22.3 Å². The average Bonchev–Trinajstić information content (AvgIpc) is 2.60. The van der Waals surface area contributed by atoms with E-state index in [4.69, 9.17) is 9.47 Å². The minimum atomic E-state index is -0.534. The molecule has 6 nitrogen and oxygen atoms in total. The van der Waals surface area contributed by atoms with Crippen molar-refractivity contribution in [2.45, 2.75) is 6.42 Å². The van der Waals surface area contributed by atoms with Crippen molar-refractivity contribution in [3.63, 3.8) is 0 Å². The Morgan fingerprint density at radius 3 is 2.40 bits per heavy atom. The van der Waals surface area contributed by atoms with Gasteiger partial charge in [0.1, 0.15) is 17.1 Å². The molecule has 0 fully saturated rings. The highest BCUT2D eigenvalue weighted by Crippen LogP contribution is 2.29. The molecule has 0 heterocycles. The summed E-state index contributed by atoms with van der Waals surface area (Å²) in [5.74, 6) is -0.706. The highest BCUT2D eigenvalue weighted by molar-refractivity contribution is 6.14. The molecule has 0 aliphatic rings. The normalized spacial score (nSPS) is 10.6. The molecule has 0 aliphatic carbocycles. The Labute approximate surface area is 144 Å². The molecule has 0 aliphatic heterocycles. The number of benzene rings is 2. The Morgan fingerprint density at radius 1 is 1.00 bits per heavy atom. The molecule has 2 aromatic rings. The van der Waals surface area contributed by atoms with Crippen LogP contribution >= 0.6 is 0 Å². The molecule has 0 amide bonds. The number of carbonyl (C=O) groups is 2. The van der Waals surface area contributed by atoms with Gasteiger partial charge in [0.05, 0.1) is 20.6 Å². The number of ketones is 2. The lowest BCUT2D eigenvalue weighted by Gasteiger charge is -2.08. The van der Waals surface area contributed by atoms with Crippen LogP contribution in [0.4, 0.5) is 0 Å². The van der Waals surface area contributed by atoms with Gasteiger partial charge in [0.15, 0.2) is 23.1 Å². The van der Waals surface area contributed by atoms with Crippen LogP contribution in [0.15, 0.2) is 42.5 Å². The molecule has 0 spiro atoms. The number of rotatable bonds is 7. The summed E-state index contributed by atoms with van der Waals surface area (Å²) in [6.45, 7) is 0. The lowest BCUT2D eigenvalue weighted by molar-refractivity contribution is -0.113. The zero-order valence-electron chi connectivity index (χ0n) is 13.9. The van der Waals surface area contributed by atoms with Crippen molar-refractivity contribution < 1.29 is 29.3 Å². The minimum Gasteiger partial charge on any atom is -0.507 e. The summed E-state index contributed by atoms with van der Waals surface area (Å²) >= 11 is 0. The van der Waals surface area contributed by atoms with Crippen LogP contribution in [-0.4, -0.2) is 36.0 Å². The van der Waals surface area contributed by atoms with Crippen LogP contribution in [0.5, 0.6) is 23.0 Å². The molecule has 0 bridgehead atoms. The molecule has 0 radical (unpaired) electrons. The highest BCUT2D eigenvalue weighted by Gasteiger charge is 2.18. The number of methoxy groups -OCH3 is 2. The Hall–Kier alpha value is -3.28. The molecule has 0 unspecified atom stereocenters. The second kappa shape index (κ2) is 8.01. The van der Waals surface area contributed by atoms with Gasteiger partial charge in [-0.2, -0.15) is 0 Å². The van der Waals surface area contributed by atoms with Crippen LogP contribution in [0.3, 0.4) is 0 Å². The van der Waals surface area contributed by atoms with E-state index in [9.17, 15) is 19.8 Å². The Morgan fingerprint density at radius 2 is 1.72 bits per heavy atom. The molecule has 130 valence electrons. The monoisotopic (exact) mass is 342 g/mol. The average molecular weight is 342 g/mol. The maximum absolute atomic E-state index is 12.3. The number of Topliss-reactive ketones (excluding diaryl/α,β-unsaturated/α-hetero) is 1. The van der Waals surface area contributed by atoms with Gasteiger partial charge in [0.2, 0.25) is 0 Å². The third-order valence-corrected chi connectivity index (χ3v) is 3.50. The van der Waals surface area contributed by atoms with E-state index >= 15 is 0 Å². The number of aromatic hydroxyl groups is 2. The molecule has 25 heavy (non-hydrogen) atoms. The van der Waals surface area contributed by atoms with Crippen molar-refractivity contribution in [3.8, 4) is 23.0 Å². The van der Waals surface area contributed by atoms with Crippen molar-refractivity contribution in [3.05, 3.63) is 53.6 Å². The van der Waals surface area contributed by atoms with Gasteiger partial charge in [0, 0.05) is 0 Å². The fourth-order valence-electron chi connectivity index (χ4n) is 2.26. The molecule has 2 N–H and O–H groups in total. The first-order chi connectivity index (χ1) is 12.0. The molecule has 0 saturated heterocycles. The lowest BCUT2D eigenvalue weighted by Crippen LogP contribution is -2.08. The molecule has 6 heteroatoms. The molecule has 0 aromatic heterocycles. The predicted octanol–water partition coefficient (Wildman–Crippen LogP) is 2.97. The molecule has 0 atom stereocenters. The van der Waals surface area contributed by atoms with Crippen molar-refractivity contribution in [2.24, 2.45) is 0 Å². The molecular weight excluding hydrogens is 324 g/mol.